The van der Waals surface area contributed by atoms with Gasteiger partial charge in [0, 0.05) is 28.6 Å². The minimum absolute atomic E-state index is 0.0731. The van der Waals surface area contributed by atoms with Crippen molar-refractivity contribution in [3.8, 4) is 5.75 Å². The van der Waals surface area contributed by atoms with Gasteiger partial charge in [-0.2, -0.15) is 5.10 Å². The first-order valence-corrected chi connectivity index (χ1v) is 8.08. The smallest absolute Gasteiger partial charge is 0.273 e. The zero-order valence-electron chi connectivity index (χ0n) is 13.7. The number of para-hydroxylation sites is 1. The number of carbonyl (C=O) groups is 1. The van der Waals surface area contributed by atoms with E-state index in [1.807, 2.05) is 55.6 Å². The molecule has 0 saturated carbocycles. The van der Waals surface area contributed by atoms with Crippen molar-refractivity contribution < 1.29 is 9.90 Å². The van der Waals surface area contributed by atoms with Crippen LogP contribution in [0.3, 0.4) is 0 Å². The van der Waals surface area contributed by atoms with Gasteiger partial charge in [-0.25, -0.2) is 5.43 Å². The highest BCUT2D eigenvalue weighted by molar-refractivity contribution is 6.29. The highest BCUT2D eigenvalue weighted by atomic mass is 16.3. The summed E-state index contributed by atoms with van der Waals surface area (Å²) < 4.78 is 0. The van der Waals surface area contributed by atoms with Gasteiger partial charge in [-0.05, 0) is 29.8 Å². The normalized spacial score (nSPS) is 16.9. The van der Waals surface area contributed by atoms with Crippen molar-refractivity contribution in [1.82, 2.24) is 10.4 Å². The summed E-state index contributed by atoms with van der Waals surface area (Å²) in [5, 5.41) is 14.8. The molecule has 3 N–H and O–H groups in total. The van der Waals surface area contributed by atoms with E-state index in [-0.39, 0.29) is 17.6 Å². The molecule has 1 amide bonds. The van der Waals surface area contributed by atoms with Crippen molar-refractivity contribution >= 4 is 28.6 Å². The Morgan fingerprint density at radius 1 is 1.12 bits per heavy atom. The molecule has 25 heavy (non-hydrogen) atoms. The average Bonchev–Trinajstić information content (AvgIpc) is 3.20. The number of phenols is 1. The van der Waals surface area contributed by atoms with E-state index >= 15 is 0 Å². The molecule has 1 atom stereocenters. The van der Waals surface area contributed by atoms with Crippen LogP contribution in [0.25, 0.3) is 17.0 Å². The van der Waals surface area contributed by atoms with Gasteiger partial charge in [-0.3, -0.25) is 4.79 Å². The van der Waals surface area contributed by atoms with Crippen LogP contribution in [0.4, 0.5) is 0 Å². The predicted molar refractivity (Wildman–Crippen MR) is 98.4 cm³/mol. The second kappa shape index (κ2) is 5.94. The Kier molecular flexibility index (Phi) is 3.61. The lowest BCUT2D eigenvalue weighted by atomic mass is 9.90. The van der Waals surface area contributed by atoms with Crippen LogP contribution < -0.4 is 5.43 Å². The second-order valence-electron chi connectivity index (χ2n) is 6.10. The summed E-state index contributed by atoms with van der Waals surface area (Å²) >= 11 is 0. The summed E-state index contributed by atoms with van der Waals surface area (Å²) in [6.45, 7) is 1.99. The molecule has 0 fully saturated rings. The number of hydrogen-bond acceptors (Lipinski definition) is 3. The number of aromatic nitrogens is 1. The van der Waals surface area contributed by atoms with Crippen LogP contribution in [0, 0.1) is 0 Å². The van der Waals surface area contributed by atoms with E-state index in [0.717, 1.165) is 22.0 Å². The van der Waals surface area contributed by atoms with Crippen molar-refractivity contribution in [3.63, 3.8) is 0 Å². The first-order chi connectivity index (χ1) is 12.1. The molecule has 3 aromatic rings. The molecular formula is C20H17N3O2. The molecule has 1 aliphatic heterocycles. The number of fused-ring (bicyclic) bond motifs is 1. The number of H-pyrrole nitrogens is 1. The Bertz CT molecular complexity index is 1010. The number of carbonyl (C=O) groups excluding carboxylic acids is 1. The van der Waals surface area contributed by atoms with E-state index in [2.05, 4.69) is 15.5 Å². The van der Waals surface area contributed by atoms with Crippen molar-refractivity contribution in [3.05, 3.63) is 71.4 Å². The Balaban J connectivity index is 1.73. The molecule has 124 valence electrons. The lowest BCUT2D eigenvalue weighted by Gasteiger charge is -2.12. The third-order valence-electron chi connectivity index (χ3n) is 4.52. The van der Waals surface area contributed by atoms with Crippen molar-refractivity contribution in [2.45, 2.75) is 12.8 Å². The molecule has 0 saturated heterocycles. The first-order valence-electron chi connectivity index (χ1n) is 8.08. The van der Waals surface area contributed by atoms with Crippen LogP contribution in [0.1, 0.15) is 24.0 Å². The van der Waals surface area contributed by atoms with Crippen LogP contribution in [0.15, 0.2) is 65.4 Å². The third-order valence-corrected chi connectivity index (χ3v) is 4.52. The molecule has 1 aliphatic rings. The second-order valence-corrected chi connectivity index (χ2v) is 6.10. The number of aromatic amines is 1. The molecule has 1 unspecified atom stereocenters. The van der Waals surface area contributed by atoms with E-state index in [9.17, 15) is 9.90 Å². The quantitative estimate of drug-likeness (QED) is 0.642. The lowest BCUT2D eigenvalue weighted by Crippen LogP contribution is -2.15. The topological polar surface area (TPSA) is 77.5 Å². The highest BCUT2D eigenvalue weighted by Crippen LogP contribution is 2.28. The van der Waals surface area contributed by atoms with E-state index in [1.165, 1.54) is 0 Å². The number of rotatable bonds is 3. The summed E-state index contributed by atoms with van der Waals surface area (Å²) in [6.07, 6.45) is 3.77. The number of hydrogen-bond donors (Lipinski definition) is 3. The van der Waals surface area contributed by atoms with Gasteiger partial charge in [0.25, 0.3) is 5.91 Å². The summed E-state index contributed by atoms with van der Waals surface area (Å²) in [5.74, 6) is -0.0602. The summed E-state index contributed by atoms with van der Waals surface area (Å²) in [7, 11) is 0. The number of nitrogens with one attached hydrogen (secondary N) is 2. The van der Waals surface area contributed by atoms with Gasteiger partial charge in [-0.15, -0.1) is 0 Å². The van der Waals surface area contributed by atoms with Gasteiger partial charge in [0.1, 0.15) is 5.75 Å². The number of benzene rings is 2. The van der Waals surface area contributed by atoms with Gasteiger partial charge in [-0.1, -0.05) is 37.3 Å². The van der Waals surface area contributed by atoms with Crippen LogP contribution in [0.2, 0.25) is 0 Å². The van der Waals surface area contributed by atoms with Crippen LogP contribution in [-0.4, -0.2) is 21.7 Å². The molecule has 2 aromatic carbocycles. The van der Waals surface area contributed by atoms with E-state index in [4.69, 9.17) is 0 Å². The van der Waals surface area contributed by atoms with E-state index < -0.39 is 0 Å². The number of phenolic OH excluding ortho intramolecular Hbond substituents is 1. The molecule has 5 heteroatoms. The Hall–Kier alpha value is -3.34. The zero-order valence-corrected chi connectivity index (χ0v) is 13.7. The van der Waals surface area contributed by atoms with Gasteiger partial charge in [0.05, 0.1) is 11.3 Å². The number of amides is 1. The summed E-state index contributed by atoms with van der Waals surface area (Å²) in [6, 6.07) is 14.9. The maximum Gasteiger partial charge on any atom is 0.273 e. The highest BCUT2D eigenvalue weighted by Gasteiger charge is 2.28. The van der Waals surface area contributed by atoms with Crippen LogP contribution in [0.5, 0.6) is 5.75 Å². The minimum atomic E-state index is -0.203. The maximum atomic E-state index is 12.3. The van der Waals surface area contributed by atoms with Crippen molar-refractivity contribution in [2.75, 3.05) is 0 Å². The molecule has 2 heterocycles. The summed E-state index contributed by atoms with van der Waals surface area (Å²) in [5.41, 5.74) is 6.78. The molecular weight excluding hydrogens is 314 g/mol. The summed E-state index contributed by atoms with van der Waals surface area (Å²) in [4.78, 5) is 15.5. The van der Waals surface area contributed by atoms with Crippen molar-refractivity contribution in [1.29, 1.82) is 0 Å². The molecule has 5 nitrogen and oxygen atoms in total. The molecule has 4 rings (SSSR count). The molecule has 1 aromatic heterocycles. The fourth-order valence-corrected chi connectivity index (χ4v) is 3.11. The number of nitrogens with zero attached hydrogens (tertiary/aromatic N) is 1. The average molecular weight is 331 g/mol. The van der Waals surface area contributed by atoms with Crippen LogP contribution >= 0.6 is 0 Å². The minimum Gasteiger partial charge on any atom is -0.508 e. The molecule has 0 spiro atoms. The fourth-order valence-electron chi connectivity index (χ4n) is 3.11. The largest absolute Gasteiger partial charge is 0.508 e. The van der Waals surface area contributed by atoms with Crippen molar-refractivity contribution in [2.24, 2.45) is 5.10 Å². The van der Waals surface area contributed by atoms with E-state index in [0.29, 0.717) is 11.3 Å². The van der Waals surface area contributed by atoms with Crippen LogP contribution in [-0.2, 0) is 4.79 Å². The van der Waals surface area contributed by atoms with Gasteiger partial charge < -0.3 is 10.1 Å². The maximum absolute atomic E-state index is 12.3. The predicted octanol–water partition coefficient (Wildman–Crippen LogP) is 3.55. The standard InChI is InChI=1S/C20H17N3O2/c1-12(13-6-8-15(24)9-7-13)19-17(20(25)23-22-19)10-14-11-21-18-5-3-2-4-16(14)18/h2-12,21,24H,1H3,(H,23,25)/b17-10-. The zero-order chi connectivity index (χ0) is 17.4. The lowest BCUT2D eigenvalue weighted by molar-refractivity contribution is -0.116. The van der Waals surface area contributed by atoms with Gasteiger partial charge >= 0.3 is 0 Å². The van der Waals surface area contributed by atoms with Gasteiger partial charge in [0.15, 0.2) is 0 Å². The monoisotopic (exact) mass is 331 g/mol. The Morgan fingerprint density at radius 2 is 1.88 bits per heavy atom. The SMILES string of the molecule is CC(C1=NNC(=O)/C1=C\c1c[nH]c2ccccc12)c1ccc(O)cc1. The number of aromatic hydroxyl groups is 1. The van der Waals surface area contributed by atoms with E-state index in [1.54, 1.807) is 12.1 Å². The molecule has 0 radical (unpaired) electrons. The Labute approximate surface area is 144 Å². The molecule has 0 aliphatic carbocycles. The van der Waals surface area contributed by atoms with Gasteiger partial charge in [0.2, 0.25) is 0 Å². The first kappa shape index (κ1) is 15.2. The third kappa shape index (κ3) is 2.70. The number of hydrazone groups is 1. The fraction of sp³-hybridized carbons (Fsp3) is 0.100. The Morgan fingerprint density at radius 3 is 2.68 bits per heavy atom. The molecule has 0 bridgehead atoms.